The molecule has 0 saturated carbocycles. The second-order valence-corrected chi connectivity index (χ2v) is 5.14. The molecule has 0 aromatic heterocycles. The monoisotopic (exact) mass is 282 g/mol. The third kappa shape index (κ3) is 4.83. The van der Waals surface area contributed by atoms with Crippen LogP contribution in [0.15, 0.2) is 60.7 Å². The lowest BCUT2D eigenvalue weighted by Crippen LogP contribution is -2.13. The molecule has 0 radical (unpaired) electrons. The van der Waals surface area contributed by atoms with Gasteiger partial charge in [-0.3, -0.25) is 4.79 Å². The molecule has 0 aliphatic rings. The van der Waals surface area contributed by atoms with Crippen LogP contribution in [0.3, 0.4) is 0 Å². The van der Waals surface area contributed by atoms with E-state index in [1.807, 2.05) is 48.5 Å². The van der Waals surface area contributed by atoms with Crippen LogP contribution in [0, 0.1) is 0 Å². The first-order valence-electron chi connectivity index (χ1n) is 7.56. The van der Waals surface area contributed by atoms with E-state index in [1.165, 1.54) is 0 Å². The van der Waals surface area contributed by atoms with Gasteiger partial charge >= 0.3 is 0 Å². The predicted octanol–water partition coefficient (Wildman–Crippen LogP) is 4.82. The number of unbranched alkanes of at least 4 members (excludes halogenated alkanes) is 1. The van der Waals surface area contributed by atoms with Crippen LogP contribution < -0.4 is 0 Å². The van der Waals surface area contributed by atoms with Gasteiger partial charge < -0.3 is 4.74 Å². The molecule has 0 fully saturated rings. The Hall–Kier alpha value is -1.93. The fourth-order valence-corrected chi connectivity index (χ4v) is 2.29. The summed E-state index contributed by atoms with van der Waals surface area (Å²) in [6, 6.07) is 19.5. The van der Waals surface area contributed by atoms with E-state index in [0.717, 1.165) is 24.8 Å². The van der Waals surface area contributed by atoms with E-state index in [-0.39, 0.29) is 18.5 Å². The molecule has 21 heavy (non-hydrogen) atoms. The highest BCUT2D eigenvalue weighted by atomic mass is 16.5. The maximum Gasteiger partial charge on any atom is 0.188 e. The van der Waals surface area contributed by atoms with Gasteiger partial charge in [0.15, 0.2) is 5.78 Å². The Morgan fingerprint density at radius 3 is 2.24 bits per heavy atom. The van der Waals surface area contributed by atoms with Crippen LogP contribution in [0.1, 0.15) is 48.2 Å². The molecule has 1 unspecified atom stereocenters. The number of benzene rings is 2. The Bertz CT molecular complexity index is 534. The average Bonchev–Trinajstić information content (AvgIpc) is 2.56. The number of carbonyl (C=O) groups excluding carboxylic acids is 1. The Labute approximate surface area is 126 Å². The number of hydrogen-bond acceptors (Lipinski definition) is 2. The first-order valence-corrected chi connectivity index (χ1v) is 7.56. The van der Waals surface area contributed by atoms with Crippen LogP contribution in [0.5, 0.6) is 0 Å². The van der Waals surface area contributed by atoms with Crippen LogP contribution in [0.2, 0.25) is 0 Å². The highest BCUT2D eigenvalue weighted by Crippen LogP contribution is 2.23. The normalized spacial score (nSPS) is 12.0. The number of Topliss-reactive ketones (excluding diaryl/α,β-unsaturated/α-hetero) is 1. The molecule has 0 aliphatic heterocycles. The van der Waals surface area contributed by atoms with Crippen molar-refractivity contribution in [2.45, 2.75) is 32.3 Å². The van der Waals surface area contributed by atoms with Gasteiger partial charge in [-0.25, -0.2) is 0 Å². The quantitative estimate of drug-likeness (QED) is 0.649. The maximum absolute atomic E-state index is 12.1. The Balaban J connectivity index is 1.97. The molecule has 1 atom stereocenters. The highest BCUT2D eigenvalue weighted by molar-refractivity contribution is 5.97. The van der Waals surface area contributed by atoms with Gasteiger partial charge in [-0.15, -0.1) is 0 Å². The van der Waals surface area contributed by atoms with Gasteiger partial charge in [0.1, 0.15) is 6.61 Å². The molecule has 0 N–H and O–H groups in total. The summed E-state index contributed by atoms with van der Waals surface area (Å²) in [5.74, 6) is 0.0352. The van der Waals surface area contributed by atoms with E-state index >= 15 is 0 Å². The van der Waals surface area contributed by atoms with Gasteiger partial charge in [-0.1, -0.05) is 80.4 Å². The standard InChI is InChI=1S/C19H22O2/c1-2-3-14-19(17-12-8-5-9-13-17)21-15-18(20)16-10-6-4-7-11-16/h4-13,19H,2-3,14-15H2,1H3. The topological polar surface area (TPSA) is 26.3 Å². The summed E-state index contributed by atoms with van der Waals surface area (Å²) in [5, 5.41) is 0. The van der Waals surface area contributed by atoms with Gasteiger partial charge in [-0.05, 0) is 12.0 Å². The van der Waals surface area contributed by atoms with Crippen LogP contribution in [0.25, 0.3) is 0 Å². The predicted molar refractivity (Wildman–Crippen MR) is 85.4 cm³/mol. The lowest BCUT2D eigenvalue weighted by molar-refractivity contribution is 0.0401. The number of carbonyl (C=O) groups is 1. The van der Waals surface area contributed by atoms with Gasteiger partial charge in [0.25, 0.3) is 0 Å². The number of hydrogen-bond donors (Lipinski definition) is 0. The van der Waals surface area contributed by atoms with Crippen LogP contribution in [0.4, 0.5) is 0 Å². The molecule has 0 amide bonds. The molecule has 110 valence electrons. The van der Waals surface area contributed by atoms with Crippen LogP contribution >= 0.6 is 0 Å². The summed E-state index contributed by atoms with van der Waals surface area (Å²) in [6.45, 7) is 2.30. The van der Waals surface area contributed by atoms with E-state index in [9.17, 15) is 4.79 Å². The molecule has 2 aromatic carbocycles. The SMILES string of the molecule is CCCCC(OCC(=O)c1ccccc1)c1ccccc1. The van der Waals surface area contributed by atoms with Gasteiger partial charge in [0, 0.05) is 5.56 Å². The molecule has 2 rings (SSSR count). The molecular weight excluding hydrogens is 260 g/mol. The molecule has 2 aromatic rings. The van der Waals surface area contributed by atoms with E-state index in [1.54, 1.807) is 0 Å². The summed E-state index contributed by atoms with van der Waals surface area (Å²) >= 11 is 0. The van der Waals surface area contributed by atoms with Crippen LogP contribution in [-0.4, -0.2) is 12.4 Å². The molecule has 0 heterocycles. The van der Waals surface area contributed by atoms with Crippen molar-refractivity contribution in [1.82, 2.24) is 0 Å². The summed E-state index contributed by atoms with van der Waals surface area (Å²) in [7, 11) is 0. The zero-order valence-electron chi connectivity index (χ0n) is 12.5. The zero-order chi connectivity index (χ0) is 14.9. The third-order valence-electron chi connectivity index (χ3n) is 3.50. The van der Waals surface area contributed by atoms with Crippen molar-refractivity contribution in [2.75, 3.05) is 6.61 Å². The molecule has 2 heteroatoms. The Morgan fingerprint density at radius 2 is 1.62 bits per heavy atom. The highest BCUT2D eigenvalue weighted by Gasteiger charge is 2.14. The summed E-state index contributed by atoms with van der Waals surface area (Å²) < 4.78 is 5.90. The van der Waals surface area contributed by atoms with E-state index in [2.05, 4.69) is 19.1 Å². The lowest BCUT2D eigenvalue weighted by atomic mass is 10.0. The second-order valence-electron chi connectivity index (χ2n) is 5.14. The fourth-order valence-electron chi connectivity index (χ4n) is 2.29. The van der Waals surface area contributed by atoms with E-state index < -0.39 is 0 Å². The summed E-state index contributed by atoms with van der Waals surface area (Å²) in [6.07, 6.45) is 3.17. The van der Waals surface area contributed by atoms with E-state index in [0.29, 0.717) is 5.56 Å². The summed E-state index contributed by atoms with van der Waals surface area (Å²) in [4.78, 5) is 12.1. The van der Waals surface area contributed by atoms with Crippen molar-refractivity contribution < 1.29 is 9.53 Å². The number of ketones is 1. The third-order valence-corrected chi connectivity index (χ3v) is 3.50. The van der Waals surface area contributed by atoms with Gasteiger partial charge in [0.2, 0.25) is 0 Å². The first kappa shape index (κ1) is 15.5. The smallest absolute Gasteiger partial charge is 0.188 e. The van der Waals surface area contributed by atoms with Crippen molar-refractivity contribution in [3.8, 4) is 0 Å². The maximum atomic E-state index is 12.1. The number of rotatable bonds is 8. The lowest BCUT2D eigenvalue weighted by Gasteiger charge is -2.17. The minimum absolute atomic E-state index is 0.00110. The average molecular weight is 282 g/mol. The molecule has 0 spiro atoms. The first-order chi connectivity index (χ1) is 10.3. The van der Waals surface area contributed by atoms with Crippen molar-refractivity contribution in [3.63, 3.8) is 0 Å². The second kappa shape index (κ2) is 8.38. The molecular formula is C19H22O2. The molecule has 2 nitrogen and oxygen atoms in total. The summed E-state index contributed by atoms with van der Waals surface area (Å²) in [5.41, 5.74) is 1.85. The largest absolute Gasteiger partial charge is 0.365 e. The van der Waals surface area contributed by atoms with Gasteiger partial charge in [0.05, 0.1) is 6.10 Å². The minimum Gasteiger partial charge on any atom is -0.365 e. The molecule has 0 aliphatic carbocycles. The number of ether oxygens (including phenoxy) is 1. The molecule has 0 saturated heterocycles. The molecule has 0 bridgehead atoms. The van der Waals surface area contributed by atoms with Crippen molar-refractivity contribution in [2.24, 2.45) is 0 Å². The minimum atomic E-state index is -0.00110. The van der Waals surface area contributed by atoms with Crippen LogP contribution in [-0.2, 0) is 4.74 Å². The van der Waals surface area contributed by atoms with Crippen molar-refractivity contribution in [1.29, 1.82) is 0 Å². The fraction of sp³-hybridized carbons (Fsp3) is 0.316. The van der Waals surface area contributed by atoms with Crippen molar-refractivity contribution >= 4 is 5.78 Å². The van der Waals surface area contributed by atoms with E-state index in [4.69, 9.17) is 4.74 Å². The zero-order valence-corrected chi connectivity index (χ0v) is 12.5. The van der Waals surface area contributed by atoms with Gasteiger partial charge in [-0.2, -0.15) is 0 Å². The van der Waals surface area contributed by atoms with Crippen molar-refractivity contribution in [3.05, 3.63) is 71.8 Å². The Morgan fingerprint density at radius 1 is 1.00 bits per heavy atom. The Kier molecular flexibility index (Phi) is 6.17.